The average Bonchev–Trinajstić information content (AvgIpc) is 2.74. The van der Waals surface area contributed by atoms with Gasteiger partial charge in [0.2, 0.25) is 0 Å². The molecule has 1 amide bonds. The van der Waals surface area contributed by atoms with Gasteiger partial charge in [0.1, 0.15) is 5.75 Å². The summed E-state index contributed by atoms with van der Waals surface area (Å²) in [5.74, 6) is 0.255. The van der Waals surface area contributed by atoms with E-state index in [2.05, 4.69) is 36.7 Å². The maximum absolute atomic E-state index is 12.0. The number of benzene rings is 1. The molecule has 0 saturated heterocycles. The number of nitrogens with zero attached hydrogens (tertiary/aromatic N) is 4. The normalized spacial score (nSPS) is 10.2. The number of halogens is 1. The lowest BCUT2D eigenvalue weighted by molar-refractivity contribution is 0.102. The molecule has 0 aliphatic rings. The summed E-state index contributed by atoms with van der Waals surface area (Å²) in [4.78, 5) is 13.2. The standard InChI is InChI=1S/C10H10BrN5O2/c1-16-14-10(13-15-16)12-9(17)7-4-3-6(11)5-8(7)18-2/h3-5H,1-2H3,(H,12,14,17). The maximum Gasteiger partial charge on any atom is 0.270 e. The number of rotatable bonds is 3. The number of carbonyl (C=O) groups excluding carboxylic acids is 1. The van der Waals surface area contributed by atoms with Crippen molar-refractivity contribution in [1.82, 2.24) is 20.2 Å². The molecule has 0 fully saturated rings. The number of nitrogens with one attached hydrogen (secondary N) is 1. The third kappa shape index (κ3) is 2.65. The summed E-state index contributed by atoms with van der Waals surface area (Å²) < 4.78 is 5.97. The number of tetrazole rings is 1. The Hall–Kier alpha value is -1.96. The smallest absolute Gasteiger partial charge is 0.270 e. The Bertz CT molecular complexity index is 583. The summed E-state index contributed by atoms with van der Waals surface area (Å²) in [7, 11) is 3.11. The second-order valence-electron chi connectivity index (χ2n) is 3.40. The molecule has 1 aromatic heterocycles. The fourth-order valence-electron chi connectivity index (χ4n) is 1.36. The quantitative estimate of drug-likeness (QED) is 0.922. The monoisotopic (exact) mass is 311 g/mol. The van der Waals surface area contributed by atoms with Gasteiger partial charge in [-0.2, -0.15) is 4.80 Å². The third-order valence-electron chi connectivity index (χ3n) is 2.14. The molecule has 1 heterocycles. The molecule has 7 nitrogen and oxygen atoms in total. The molecule has 1 N–H and O–H groups in total. The molecule has 0 unspecified atom stereocenters. The number of methoxy groups -OCH3 is 1. The second-order valence-corrected chi connectivity index (χ2v) is 4.32. The predicted molar refractivity (Wildman–Crippen MR) is 67.4 cm³/mol. The van der Waals surface area contributed by atoms with Crippen LogP contribution in [0.4, 0.5) is 5.95 Å². The van der Waals surface area contributed by atoms with Crippen LogP contribution in [0, 0.1) is 0 Å². The Morgan fingerprint density at radius 1 is 1.50 bits per heavy atom. The lowest BCUT2D eigenvalue weighted by Gasteiger charge is -2.07. The fraction of sp³-hybridized carbons (Fsp3) is 0.200. The van der Waals surface area contributed by atoms with Crippen LogP contribution in [-0.2, 0) is 7.05 Å². The van der Waals surface area contributed by atoms with E-state index in [4.69, 9.17) is 4.74 Å². The number of aromatic nitrogens is 4. The first kappa shape index (κ1) is 12.5. The Labute approximate surface area is 111 Å². The molecule has 0 saturated carbocycles. The average molecular weight is 312 g/mol. The van der Waals surface area contributed by atoms with E-state index >= 15 is 0 Å². The molecular weight excluding hydrogens is 302 g/mol. The molecule has 0 aliphatic heterocycles. The molecule has 18 heavy (non-hydrogen) atoms. The molecule has 0 spiro atoms. The van der Waals surface area contributed by atoms with E-state index in [1.807, 2.05) is 0 Å². The van der Waals surface area contributed by atoms with Gasteiger partial charge in [0.05, 0.1) is 19.7 Å². The maximum atomic E-state index is 12.0. The van der Waals surface area contributed by atoms with Crippen molar-refractivity contribution < 1.29 is 9.53 Å². The lowest BCUT2D eigenvalue weighted by Crippen LogP contribution is -2.14. The molecule has 0 bridgehead atoms. The highest BCUT2D eigenvalue weighted by Crippen LogP contribution is 2.23. The zero-order chi connectivity index (χ0) is 13.1. The summed E-state index contributed by atoms with van der Waals surface area (Å²) in [6, 6.07) is 5.11. The molecule has 0 aliphatic carbocycles. The van der Waals surface area contributed by atoms with Crippen molar-refractivity contribution in [2.75, 3.05) is 12.4 Å². The van der Waals surface area contributed by atoms with Crippen molar-refractivity contribution in [3.8, 4) is 5.75 Å². The van der Waals surface area contributed by atoms with Gasteiger partial charge in [-0.1, -0.05) is 21.0 Å². The highest BCUT2D eigenvalue weighted by Gasteiger charge is 2.14. The van der Waals surface area contributed by atoms with E-state index in [1.54, 1.807) is 25.2 Å². The van der Waals surface area contributed by atoms with Crippen molar-refractivity contribution in [2.24, 2.45) is 7.05 Å². The van der Waals surface area contributed by atoms with E-state index in [1.165, 1.54) is 11.9 Å². The van der Waals surface area contributed by atoms with Crippen LogP contribution in [0.1, 0.15) is 10.4 Å². The number of hydrogen-bond acceptors (Lipinski definition) is 5. The van der Waals surface area contributed by atoms with Gasteiger partial charge >= 0.3 is 0 Å². The van der Waals surface area contributed by atoms with Crippen LogP contribution in [0.2, 0.25) is 0 Å². The molecule has 1 aromatic carbocycles. The Balaban J connectivity index is 2.23. The number of carbonyl (C=O) groups is 1. The molecule has 94 valence electrons. The van der Waals surface area contributed by atoms with Crippen molar-refractivity contribution in [1.29, 1.82) is 0 Å². The van der Waals surface area contributed by atoms with Crippen LogP contribution < -0.4 is 10.1 Å². The van der Waals surface area contributed by atoms with Crippen LogP contribution in [0.15, 0.2) is 22.7 Å². The molecule has 0 radical (unpaired) electrons. The molecule has 2 rings (SSSR count). The number of hydrogen-bond donors (Lipinski definition) is 1. The Morgan fingerprint density at radius 2 is 2.28 bits per heavy atom. The highest BCUT2D eigenvalue weighted by molar-refractivity contribution is 9.10. The number of aryl methyl sites for hydroxylation is 1. The third-order valence-corrected chi connectivity index (χ3v) is 2.64. The van der Waals surface area contributed by atoms with Crippen LogP contribution in [0.25, 0.3) is 0 Å². The van der Waals surface area contributed by atoms with Crippen molar-refractivity contribution >= 4 is 27.8 Å². The van der Waals surface area contributed by atoms with Crippen LogP contribution in [0.5, 0.6) is 5.75 Å². The van der Waals surface area contributed by atoms with Crippen molar-refractivity contribution in [3.63, 3.8) is 0 Å². The highest BCUT2D eigenvalue weighted by atomic mass is 79.9. The Kier molecular flexibility index (Phi) is 3.56. The number of amides is 1. The van der Waals surface area contributed by atoms with Gasteiger partial charge in [0, 0.05) is 4.47 Å². The summed E-state index contributed by atoms with van der Waals surface area (Å²) in [5, 5.41) is 13.7. The summed E-state index contributed by atoms with van der Waals surface area (Å²) >= 11 is 3.31. The van der Waals surface area contributed by atoms with E-state index in [9.17, 15) is 4.79 Å². The second kappa shape index (κ2) is 5.13. The van der Waals surface area contributed by atoms with Crippen molar-refractivity contribution in [2.45, 2.75) is 0 Å². The first-order chi connectivity index (χ1) is 8.60. The van der Waals surface area contributed by atoms with E-state index in [0.717, 1.165) is 4.47 Å². The fourth-order valence-corrected chi connectivity index (χ4v) is 1.70. The zero-order valence-electron chi connectivity index (χ0n) is 9.72. The summed E-state index contributed by atoms with van der Waals surface area (Å²) in [5.41, 5.74) is 0.396. The summed E-state index contributed by atoms with van der Waals surface area (Å²) in [6.07, 6.45) is 0. The molecule has 8 heteroatoms. The molecule has 0 atom stereocenters. The van der Waals surface area contributed by atoms with Crippen molar-refractivity contribution in [3.05, 3.63) is 28.2 Å². The minimum atomic E-state index is -0.354. The van der Waals surface area contributed by atoms with Gasteiger partial charge in [0.15, 0.2) is 0 Å². The van der Waals surface area contributed by atoms with E-state index in [-0.39, 0.29) is 11.9 Å². The molecule has 2 aromatic rings. The van der Waals surface area contributed by atoms with Crippen LogP contribution >= 0.6 is 15.9 Å². The lowest BCUT2D eigenvalue weighted by atomic mass is 10.2. The van der Waals surface area contributed by atoms with Crippen LogP contribution in [0.3, 0.4) is 0 Å². The van der Waals surface area contributed by atoms with Gasteiger partial charge in [-0.25, -0.2) is 0 Å². The largest absolute Gasteiger partial charge is 0.496 e. The topological polar surface area (TPSA) is 81.9 Å². The molecular formula is C10H10BrN5O2. The Morgan fingerprint density at radius 3 is 2.89 bits per heavy atom. The van der Waals surface area contributed by atoms with Gasteiger partial charge in [0.25, 0.3) is 11.9 Å². The zero-order valence-corrected chi connectivity index (χ0v) is 11.3. The van der Waals surface area contributed by atoms with Crippen LogP contribution in [-0.4, -0.2) is 33.2 Å². The number of ether oxygens (including phenoxy) is 1. The van der Waals surface area contributed by atoms with Gasteiger partial charge in [-0.3, -0.25) is 10.1 Å². The van der Waals surface area contributed by atoms with E-state index < -0.39 is 0 Å². The van der Waals surface area contributed by atoms with Gasteiger partial charge in [-0.05, 0) is 23.4 Å². The first-order valence-electron chi connectivity index (χ1n) is 4.99. The number of anilines is 1. The van der Waals surface area contributed by atoms with Gasteiger partial charge < -0.3 is 4.74 Å². The summed E-state index contributed by atoms with van der Waals surface area (Å²) in [6.45, 7) is 0. The first-order valence-corrected chi connectivity index (χ1v) is 5.78. The van der Waals surface area contributed by atoms with Gasteiger partial charge in [-0.15, -0.1) is 5.10 Å². The van der Waals surface area contributed by atoms with E-state index in [0.29, 0.717) is 11.3 Å². The minimum Gasteiger partial charge on any atom is -0.496 e. The predicted octanol–water partition coefficient (Wildman–Crippen LogP) is 1.23. The SMILES string of the molecule is COc1cc(Br)ccc1C(=O)Nc1nnn(C)n1. The minimum absolute atomic E-state index is 0.146.